The van der Waals surface area contributed by atoms with Crippen LogP contribution >= 0.6 is 0 Å². The Labute approximate surface area is 119 Å². The van der Waals surface area contributed by atoms with Crippen LogP contribution in [0.3, 0.4) is 0 Å². The van der Waals surface area contributed by atoms with Gasteiger partial charge >= 0.3 is 12.1 Å². The van der Waals surface area contributed by atoms with Crippen LogP contribution in [-0.2, 0) is 0 Å². The number of primary amides is 1. The van der Waals surface area contributed by atoms with Gasteiger partial charge in [0.25, 0.3) is 0 Å². The Bertz CT molecular complexity index is 459. The van der Waals surface area contributed by atoms with Gasteiger partial charge in [0, 0.05) is 11.7 Å². The molecule has 0 fully saturated rings. The van der Waals surface area contributed by atoms with E-state index in [2.05, 4.69) is 16.0 Å². The molecule has 0 saturated heterocycles. The SMILES string of the molecule is CC[C@H](C)NC(=O)N[C@@H](C)c1ccc(NC(N)=O)cc1. The van der Waals surface area contributed by atoms with Crippen LogP contribution < -0.4 is 21.7 Å². The molecule has 110 valence electrons. The Kier molecular flexibility index (Phi) is 5.83. The first kappa shape index (κ1) is 15.8. The summed E-state index contributed by atoms with van der Waals surface area (Å²) in [6.45, 7) is 5.86. The lowest BCUT2D eigenvalue weighted by atomic mass is 10.1. The molecule has 0 aliphatic heterocycles. The summed E-state index contributed by atoms with van der Waals surface area (Å²) in [5.41, 5.74) is 6.60. The molecule has 0 spiro atoms. The van der Waals surface area contributed by atoms with Crippen molar-refractivity contribution in [3.8, 4) is 0 Å². The van der Waals surface area contributed by atoms with Crippen molar-refractivity contribution < 1.29 is 9.59 Å². The van der Waals surface area contributed by atoms with Crippen LogP contribution in [0.25, 0.3) is 0 Å². The molecule has 0 radical (unpaired) electrons. The van der Waals surface area contributed by atoms with E-state index in [0.717, 1.165) is 12.0 Å². The average Bonchev–Trinajstić information content (AvgIpc) is 2.38. The third-order valence-corrected chi connectivity index (χ3v) is 3.02. The molecule has 1 aromatic rings. The second-order valence-electron chi connectivity index (χ2n) is 4.76. The average molecular weight is 278 g/mol. The highest BCUT2D eigenvalue weighted by atomic mass is 16.2. The van der Waals surface area contributed by atoms with E-state index in [1.54, 1.807) is 12.1 Å². The second kappa shape index (κ2) is 7.37. The maximum Gasteiger partial charge on any atom is 0.316 e. The molecule has 20 heavy (non-hydrogen) atoms. The van der Waals surface area contributed by atoms with E-state index >= 15 is 0 Å². The molecule has 0 aromatic heterocycles. The monoisotopic (exact) mass is 278 g/mol. The second-order valence-corrected chi connectivity index (χ2v) is 4.76. The Morgan fingerprint density at radius 1 is 1.15 bits per heavy atom. The number of nitrogens with one attached hydrogen (secondary N) is 3. The van der Waals surface area contributed by atoms with E-state index in [0.29, 0.717) is 5.69 Å². The number of nitrogens with two attached hydrogens (primary N) is 1. The molecule has 0 aliphatic rings. The third-order valence-electron chi connectivity index (χ3n) is 3.02. The number of rotatable bonds is 5. The number of benzene rings is 1. The van der Waals surface area contributed by atoms with Crippen molar-refractivity contribution in [2.24, 2.45) is 5.73 Å². The molecule has 6 nitrogen and oxygen atoms in total. The molecule has 5 N–H and O–H groups in total. The van der Waals surface area contributed by atoms with Crippen LogP contribution in [0.2, 0.25) is 0 Å². The summed E-state index contributed by atoms with van der Waals surface area (Å²) in [5, 5.41) is 8.19. The number of urea groups is 2. The van der Waals surface area contributed by atoms with Crippen LogP contribution in [-0.4, -0.2) is 18.1 Å². The van der Waals surface area contributed by atoms with Gasteiger partial charge in [0.05, 0.1) is 6.04 Å². The highest BCUT2D eigenvalue weighted by Crippen LogP contribution is 2.15. The Hall–Kier alpha value is -2.24. The van der Waals surface area contributed by atoms with Gasteiger partial charge in [0.15, 0.2) is 0 Å². The van der Waals surface area contributed by atoms with Gasteiger partial charge in [-0.25, -0.2) is 9.59 Å². The van der Waals surface area contributed by atoms with Crippen molar-refractivity contribution in [1.82, 2.24) is 10.6 Å². The standard InChI is InChI=1S/C14H22N4O2/c1-4-9(2)16-14(20)17-10(3)11-5-7-12(8-6-11)18-13(15)19/h5-10H,4H2,1-3H3,(H3,15,18,19)(H2,16,17,20)/t9-,10-/m0/s1. The zero-order valence-electron chi connectivity index (χ0n) is 12.1. The van der Waals surface area contributed by atoms with E-state index in [4.69, 9.17) is 5.73 Å². The lowest BCUT2D eigenvalue weighted by Crippen LogP contribution is -2.41. The van der Waals surface area contributed by atoms with Gasteiger partial charge in [0.2, 0.25) is 0 Å². The summed E-state index contributed by atoms with van der Waals surface area (Å²) in [5.74, 6) is 0. The van der Waals surface area contributed by atoms with Crippen LogP contribution in [0, 0.1) is 0 Å². The van der Waals surface area contributed by atoms with Gasteiger partial charge in [-0.1, -0.05) is 19.1 Å². The number of hydrogen-bond acceptors (Lipinski definition) is 2. The lowest BCUT2D eigenvalue weighted by Gasteiger charge is -2.18. The molecule has 2 atom stereocenters. The van der Waals surface area contributed by atoms with Crippen molar-refractivity contribution in [3.63, 3.8) is 0 Å². The van der Waals surface area contributed by atoms with E-state index in [-0.39, 0.29) is 18.1 Å². The topological polar surface area (TPSA) is 96.2 Å². The number of anilines is 1. The smallest absolute Gasteiger partial charge is 0.316 e. The molecule has 0 unspecified atom stereocenters. The fraction of sp³-hybridized carbons (Fsp3) is 0.429. The predicted octanol–water partition coefficient (Wildman–Crippen LogP) is 2.34. The zero-order valence-corrected chi connectivity index (χ0v) is 12.1. The molecule has 0 heterocycles. The van der Waals surface area contributed by atoms with Gasteiger partial charge in [-0.05, 0) is 38.0 Å². The largest absolute Gasteiger partial charge is 0.351 e. The highest BCUT2D eigenvalue weighted by molar-refractivity contribution is 5.87. The zero-order chi connectivity index (χ0) is 15.1. The third kappa shape index (κ3) is 5.17. The summed E-state index contributed by atoms with van der Waals surface area (Å²) in [7, 11) is 0. The molecular weight excluding hydrogens is 256 g/mol. The van der Waals surface area contributed by atoms with Crippen molar-refractivity contribution >= 4 is 17.7 Å². The summed E-state index contributed by atoms with van der Waals surface area (Å²) in [6, 6.07) is 6.38. The first-order chi connectivity index (χ1) is 9.42. The van der Waals surface area contributed by atoms with Gasteiger partial charge in [-0.15, -0.1) is 0 Å². The van der Waals surface area contributed by atoms with E-state index in [9.17, 15) is 9.59 Å². The molecule has 6 heteroatoms. The molecular formula is C14H22N4O2. The number of hydrogen-bond donors (Lipinski definition) is 4. The van der Waals surface area contributed by atoms with Crippen molar-refractivity contribution in [2.45, 2.75) is 39.3 Å². The van der Waals surface area contributed by atoms with Crippen molar-refractivity contribution in [2.75, 3.05) is 5.32 Å². The molecule has 0 aliphatic carbocycles. The Balaban J connectivity index is 2.57. The molecule has 4 amide bonds. The first-order valence-corrected chi connectivity index (χ1v) is 6.65. The summed E-state index contributed by atoms with van der Waals surface area (Å²) < 4.78 is 0. The van der Waals surface area contributed by atoms with Crippen LogP contribution in [0.15, 0.2) is 24.3 Å². The fourth-order valence-corrected chi connectivity index (χ4v) is 1.64. The van der Waals surface area contributed by atoms with E-state index in [1.165, 1.54) is 0 Å². The fourth-order valence-electron chi connectivity index (χ4n) is 1.64. The van der Waals surface area contributed by atoms with Crippen LogP contribution in [0.5, 0.6) is 0 Å². The molecule has 0 saturated carbocycles. The summed E-state index contributed by atoms with van der Waals surface area (Å²) in [6.07, 6.45) is 0.884. The first-order valence-electron chi connectivity index (χ1n) is 6.65. The number of amides is 4. The highest BCUT2D eigenvalue weighted by Gasteiger charge is 2.10. The minimum absolute atomic E-state index is 0.123. The quantitative estimate of drug-likeness (QED) is 0.665. The summed E-state index contributed by atoms with van der Waals surface area (Å²) >= 11 is 0. The minimum atomic E-state index is -0.600. The molecule has 1 rings (SSSR count). The van der Waals surface area contributed by atoms with E-state index < -0.39 is 6.03 Å². The molecule has 0 bridgehead atoms. The van der Waals surface area contributed by atoms with Gasteiger partial charge in [0.1, 0.15) is 0 Å². The minimum Gasteiger partial charge on any atom is -0.351 e. The Morgan fingerprint density at radius 2 is 1.75 bits per heavy atom. The number of carbonyl (C=O) groups is 2. The maximum absolute atomic E-state index is 11.7. The predicted molar refractivity (Wildman–Crippen MR) is 79.5 cm³/mol. The van der Waals surface area contributed by atoms with Gasteiger partial charge in [-0.2, -0.15) is 0 Å². The Morgan fingerprint density at radius 3 is 2.25 bits per heavy atom. The van der Waals surface area contributed by atoms with Gasteiger partial charge < -0.3 is 21.7 Å². The summed E-state index contributed by atoms with van der Waals surface area (Å²) in [4.78, 5) is 22.4. The van der Waals surface area contributed by atoms with Crippen LogP contribution in [0.1, 0.15) is 38.8 Å². The van der Waals surface area contributed by atoms with E-state index in [1.807, 2.05) is 32.9 Å². The van der Waals surface area contributed by atoms with Crippen molar-refractivity contribution in [1.29, 1.82) is 0 Å². The van der Waals surface area contributed by atoms with Crippen LogP contribution in [0.4, 0.5) is 15.3 Å². The normalized spacial score (nSPS) is 13.2. The van der Waals surface area contributed by atoms with Gasteiger partial charge in [-0.3, -0.25) is 0 Å². The maximum atomic E-state index is 11.7. The van der Waals surface area contributed by atoms with Crippen molar-refractivity contribution in [3.05, 3.63) is 29.8 Å². The lowest BCUT2D eigenvalue weighted by molar-refractivity contribution is 0.234. The number of carbonyl (C=O) groups excluding carboxylic acids is 2. The molecule has 1 aromatic carbocycles.